The number of hydrogen-bond donors (Lipinski definition) is 4. The van der Waals surface area contributed by atoms with E-state index < -0.39 is 35.2 Å². The van der Waals surface area contributed by atoms with Gasteiger partial charge in [-0.05, 0) is 31.9 Å². The second kappa shape index (κ2) is 10.2. The van der Waals surface area contributed by atoms with Gasteiger partial charge in [0, 0.05) is 25.1 Å². The number of hydrogen-bond acceptors (Lipinski definition) is 7. The van der Waals surface area contributed by atoms with E-state index in [4.69, 9.17) is 10.3 Å². The monoisotopic (exact) mass is 496 g/mol. The first-order valence-electron chi connectivity index (χ1n) is 11.6. The lowest BCUT2D eigenvalue weighted by atomic mass is 9.83. The number of aryl methyl sites for hydroxylation is 1. The van der Waals surface area contributed by atoms with Gasteiger partial charge < -0.3 is 31.1 Å². The van der Waals surface area contributed by atoms with E-state index in [1.165, 1.54) is 0 Å². The van der Waals surface area contributed by atoms with Gasteiger partial charge in [-0.15, -0.1) is 0 Å². The van der Waals surface area contributed by atoms with Gasteiger partial charge in [-0.2, -0.15) is 0 Å². The largest absolute Gasteiger partial charge is 0.368 e. The maximum Gasteiger partial charge on any atom is 0.257 e. The van der Waals surface area contributed by atoms with E-state index in [9.17, 15) is 24.0 Å². The average molecular weight is 497 g/mol. The van der Waals surface area contributed by atoms with E-state index in [1.54, 1.807) is 36.1 Å². The van der Waals surface area contributed by atoms with Crippen LogP contribution in [0.1, 0.15) is 57.9 Å². The van der Waals surface area contributed by atoms with E-state index in [-0.39, 0.29) is 36.6 Å². The Bertz CT molecular complexity index is 1180. The Morgan fingerprint density at radius 2 is 1.81 bits per heavy atom. The number of piperidine rings is 1. The molecule has 5 amide bonds. The van der Waals surface area contributed by atoms with Crippen molar-refractivity contribution in [3.05, 3.63) is 52.9 Å². The molecule has 12 nitrogen and oxygen atoms in total. The molecule has 4 rings (SSSR count). The van der Waals surface area contributed by atoms with Crippen LogP contribution >= 0.6 is 0 Å². The normalized spacial score (nSPS) is 20.6. The van der Waals surface area contributed by atoms with Crippen molar-refractivity contribution >= 4 is 29.5 Å². The zero-order chi connectivity index (χ0) is 25.9. The van der Waals surface area contributed by atoms with Gasteiger partial charge in [0.2, 0.25) is 17.7 Å². The number of fused-ring (bicyclic) bond motifs is 1. The number of nitrogens with one attached hydrogen (secondary N) is 3. The smallest absolute Gasteiger partial charge is 0.257 e. The summed E-state index contributed by atoms with van der Waals surface area (Å²) in [6, 6.07) is 7.64. The highest BCUT2D eigenvalue weighted by Crippen LogP contribution is 2.29. The van der Waals surface area contributed by atoms with Gasteiger partial charge in [-0.25, -0.2) is 0 Å². The number of amides is 5. The van der Waals surface area contributed by atoms with Gasteiger partial charge in [0.05, 0.1) is 24.2 Å². The van der Waals surface area contributed by atoms with Crippen molar-refractivity contribution in [2.45, 2.75) is 50.7 Å². The molecule has 3 heterocycles. The Morgan fingerprint density at radius 3 is 2.47 bits per heavy atom. The summed E-state index contributed by atoms with van der Waals surface area (Å²) in [6.07, 6.45) is 0.0556. The third kappa shape index (κ3) is 5.37. The van der Waals surface area contributed by atoms with Crippen molar-refractivity contribution < 1.29 is 28.5 Å². The highest BCUT2D eigenvalue weighted by Gasteiger charge is 2.41. The molecule has 190 valence electrons. The summed E-state index contributed by atoms with van der Waals surface area (Å²) in [5.74, 6) is -2.44. The molecule has 1 aromatic carbocycles. The highest BCUT2D eigenvalue weighted by atomic mass is 16.5. The van der Waals surface area contributed by atoms with Crippen LogP contribution in [0.25, 0.3) is 0 Å². The Balaban J connectivity index is 1.61. The standard InChI is InChI=1S/C24H28N6O6/c1-14-20-17(36-29-14)13-26-18(31)11-16(21(25)33)27-19(32)12-24(28-22(20)34)7-9-30(10-8-24)23(35)15-5-3-2-4-6-15/h2-6,16H,7-13H2,1H3,(H2,25,33)(H,26,31)(H,27,32)(H,28,34)/t16-/m0/s1. The first kappa shape index (κ1) is 24.9. The Morgan fingerprint density at radius 1 is 1.11 bits per heavy atom. The Hall–Kier alpha value is -4.22. The summed E-state index contributed by atoms with van der Waals surface area (Å²) in [4.78, 5) is 65.2. The predicted molar refractivity (Wildman–Crippen MR) is 125 cm³/mol. The van der Waals surface area contributed by atoms with Crippen LogP contribution in [-0.4, -0.2) is 64.3 Å². The molecule has 0 aliphatic carbocycles. The quantitative estimate of drug-likeness (QED) is 0.444. The molecule has 2 aliphatic rings. The molecule has 0 bridgehead atoms. The zero-order valence-electron chi connectivity index (χ0n) is 19.8. The molecule has 1 aromatic heterocycles. The molecular weight excluding hydrogens is 468 g/mol. The number of carbonyl (C=O) groups is 5. The fourth-order valence-electron chi connectivity index (χ4n) is 4.59. The number of nitrogens with two attached hydrogens (primary N) is 1. The molecule has 2 aromatic rings. The van der Waals surface area contributed by atoms with Gasteiger partial charge in [-0.3, -0.25) is 24.0 Å². The molecule has 1 atom stereocenters. The first-order valence-corrected chi connectivity index (χ1v) is 11.6. The summed E-state index contributed by atoms with van der Waals surface area (Å²) < 4.78 is 5.26. The summed E-state index contributed by atoms with van der Waals surface area (Å²) in [6.45, 7) is 2.08. The van der Waals surface area contributed by atoms with Gasteiger partial charge in [0.1, 0.15) is 11.6 Å². The Kier molecular flexibility index (Phi) is 7.04. The number of benzene rings is 1. The van der Waals surface area contributed by atoms with Crippen molar-refractivity contribution in [1.82, 2.24) is 26.0 Å². The van der Waals surface area contributed by atoms with Crippen LogP contribution in [0.3, 0.4) is 0 Å². The van der Waals surface area contributed by atoms with E-state index in [2.05, 4.69) is 21.1 Å². The van der Waals surface area contributed by atoms with Gasteiger partial charge in [0.15, 0.2) is 5.76 Å². The molecule has 0 saturated carbocycles. The molecule has 36 heavy (non-hydrogen) atoms. The molecule has 1 spiro atoms. The second-order valence-electron chi connectivity index (χ2n) is 9.14. The third-order valence-electron chi connectivity index (χ3n) is 6.58. The minimum absolute atomic E-state index is 0.131. The molecule has 0 radical (unpaired) electrons. The molecule has 2 aliphatic heterocycles. The topological polar surface area (TPSA) is 177 Å². The lowest BCUT2D eigenvalue weighted by Gasteiger charge is -2.42. The molecule has 12 heteroatoms. The lowest BCUT2D eigenvalue weighted by molar-refractivity contribution is -0.131. The maximum atomic E-state index is 13.4. The van der Waals surface area contributed by atoms with E-state index in [0.29, 0.717) is 37.2 Å². The SMILES string of the molecule is Cc1noc2c1C(=O)NC1(CCN(C(=O)c3ccccc3)CC1)CC(=O)N[C@H](C(N)=O)CC(=O)NC2. The number of nitrogens with zero attached hydrogens (tertiary/aromatic N) is 2. The van der Waals surface area contributed by atoms with Crippen molar-refractivity contribution in [3.8, 4) is 0 Å². The van der Waals surface area contributed by atoms with Crippen LogP contribution in [0.5, 0.6) is 0 Å². The fraction of sp³-hybridized carbons (Fsp3) is 0.417. The molecule has 0 unspecified atom stereocenters. The number of primary amides is 1. The number of carbonyl (C=O) groups excluding carboxylic acids is 5. The van der Waals surface area contributed by atoms with Crippen LogP contribution in [0.2, 0.25) is 0 Å². The van der Waals surface area contributed by atoms with E-state index >= 15 is 0 Å². The fourth-order valence-corrected chi connectivity index (χ4v) is 4.59. The highest BCUT2D eigenvalue weighted by molar-refractivity contribution is 5.98. The minimum Gasteiger partial charge on any atom is -0.368 e. The summed E-state index contributed by atoms with van der Waals surface area (Å²) >= 11 is 0. The van der Waals surface area contributed by atoms with Crippen LogP contribution in [0, 0.1) is 6.92 Å². The van der Waals surface area contributed by atoms with Crippen LogP contribution in [0.15, 0.2) is 34.9 Å². The van der Waals surface area contributed by atoms with Crippen LogP contribution < -0.4 is 21.7 Å². The molecule has 1 saturated heterocycles. The van der Waals surface area contributed by atoms with Gasteiger partial charge >= 0.3 is 0 Å². The first-order chi connectivity index (χ1) is 17.2. The second-order valence-corrected chi connectivity index (χ2v) is 9.14. The molecule has 5 N–H and O–H groups in total. The molecular formula is C24H28N6O6. The minimum atomic E-state index is -1.22. The number of aromatic nitrogens is 1. The Labute approximate surface area is 206 Å². The van der Waals surface area contributed by atoms with E-state index in [1.807, 2.05) is 6.07 Å². The number of likely N-dealkylation sites (tertiary alicyclic amines) is 1. The zero-order valence-corrected chi connectivity index (χ0v) is 19.8. The van der Waals surface area contributed by atoms with Crippen molar-refractivity contribution in [2.24, 2.45) is 5.73 Å². The van der Waals surface area contributed by atoms with Crippen molar-refractivity contribution in [2.75, 3.05) is 13.1 Å². The third-order valence-corrected chi connectivity index (χ3v) is 6.58. The van der Waals surface area contributed by atoms with E-state index in [0.717, 1.165) is 0 Å². The van der Waals surface area contributed by atoms with Crippen molar-refractivity contribution in [1.29, 1.82) is 0 Å². The summed E-state index contributed by atoms with van der Waals surface area (Å²) in [7, 11) is 0. The van der Waals surface area contributed by atoms with Gasteiger partial charge in [-0.1, -0.05) is 23.4 Å². The van der Waals surface area contributed by atoms with Crippen molar-refractivity contribution in [3.63, 3.8) is 0 Å². The van der Waals surface area contributed by atoms with Gasteiger partial charge in [0.25, 0.3) is 11.8 Å². The number of rotatable bonds is 2. The average Bonchev–Trinajstić information content (AvgIpc) is 3.22. The summed E-state index contributed by atoms with van der Waals surface area (Å²) in [5.41, 5.74) is 5.45. The maximum absolute atomic E-state index is 13.4. The summed E-state index contributed by atoms with van der Waals surface area (Å²) in [5, 5.41) is 11.9. The lowest BCUT2D eigenvalue weighted by Crippen LogP contribution is -2.59. The predicted octanol–water partition coefficient (Wildman–Crippen LogP) is -0.232. The van der Waals surface area contributed by atoms with Crippen LogP contribution in [0.4, 0.5) is 0 Å². The molecule has 1 fully saturated rings. The van der Waals surface area contributed by atoms with Crippen LogP contribution in [-0.2, 0) is 20.9 Å².